The highest BCUT2D eigenvalue weighted by Gasteiger charge is 2.25. The van der Waals surface area contributed by atoms with E-state index < -0.39 is 0 Å². The van der Waals surface area contributed by atoms with Crippen molar-refractivity contribution in [2.75, 3.05) is 0 Å². The van der Waals surface area contributed by atoms with Crippen LogP contribution in [0.2, 0.25) is 0 Å². The van der Waals surface area contributed by atoms with Crippen molar-refractivity contribution in [3.05, 3.63) is 81.3 Å². The van der Waals surface area contributed by atoms with Crippen molar-refractivity contribution in [1.29, 1.82) is 0 Å². The molecule has 0 spiro atoms. The van der Waals surface area contributed by atoms with Crippen molar-refractivity contribution in [3.8, 4) is 0 Å². The maximum atomic E-state index is 2.55. The maximum absolute atomic E-state index is 2.55. The molecule has 0 N–H and O–H groups in total. The van der Waals surface area contributed by atoms with Gasteiger partial charge in [0.05, 0.1) is 0 Å². The van der Waals surface area contributed by atoms with Crippen LogP contribution in [0.1, 0.15) is 72.6 Å². The zero-order valence-electron chi connectivity index (χ0n) is 15.6. The zero-order chi connectivity index (χ0) is 17.3. The summed E-state index contributed by atoms with van der Waals surface area (Å²) in [6.45, 7) is 0. The van der Waals surface area contributed by atoms with Gasteiger partial charge in [-0.05, 0) is 84.1 Å². The van der Waals surface area contributed by atoms with Crippen LogP contribution in [-0.4, -0.2) is 0 Å². The predicted octanol–water partition coefficient (Wildman–Crippen LogP) is 5.12. The molecular weight excluding hydrogens is 312 g/mol. The highest BCUT2D eigenvalue weighted by molar-refractivity contribution is 5.58. The van der Waals surface area contributed by atoms with E-state index in [2.05, 4.69) is 60.8 Å². The normalized spacial score (nSPS) is 23.9. The van der Waals surface area contributed by atoms with Gasteiger partial charge in [-0.1, -0.05) is 60.8 Å². The van der Waals surface area contributed by atoms with Crippen LogP contribution in [0.4, 0.5) is 0 Å². The van der Waals surface area contributed by atoms with Crippen LogP contribution >= 0.6 is 0 Å². The zero-order valence-corrected chi connectivity index (χ0v) is 15.6. The number of benzene rings is 1. The molecule has 1 atom stereocenters. The van der Waals surface area contributed by atoms with Gasteiger partial charge in [-0.25, -0.2) is 0 Å². The lowest BCUT2D eigenvalue weighted by Gasteiger charge is -2.29. The molecule has 26 heavy (non-hydrogen) atoms. The molecule has 0 aromatic heterocycles. The molecular formula is C26H28. The Morgan fingerprint density at radius 2 is 1.35 bits per heavy atom. The van der Waals surface area contributed by atoms with Crippen LogP contribution in [0, 0.1) is 0 Å². The summed E-state index contributed by atoms with van der Waals surface area (Å²) < 4.78 is 0. The molecule has 132 valence electrons. The van der Waals surface area contributed by atoms with E-state index in [1.807, 2.05) is 0 Å². The number of allylic oxidation sites excluding steroid dienone is 8. The second-order valence-corrected chi connectivity index (χ2v) is 8.06. The molecule has 1 aromatic carbocycles. The fourth-order valence-electron chi connectivity index (χ4n) is 5.35. The topological polar surface area (TPSA) is 0 Å². The molecule has 0 bridgehead atoms. The molecule has 0 aliphatic heterocycles. The largest absolute Gasteiger partial charge is 0.0879 e. The highest BCUT2D eigenvalue weighted by Crippen LogP contribution is 2.35. The van der Waals surface area contributed by atoms with E-state index in [1.165, 1.54) is 32.1 Å². The summed E-state index contributed by atoms with van der Waals surface area (Å²) in [5.74, 6) is 1.07. The van der Waals surface area contributed by atoms with Gasteiger partial charge in [0.25, 0.3) is 0 Å². The Kier molecular flexibility index (Phi) is 4.28. The second kappa shape index (κ2) is 6.91. The summed E-state index contributed by atoms with van der Waals surface area (Å²) in [5.41, 5.74) is 6.55. The average molecular weight is 341 g/mol. The minimum absolute atomic E-state index is 0.455. The fourth-order valence-corrected chi connectivity index (χ4v) is 5.35. The average Bonchev–Trinajstić information content (AvgIpc) is 2.73. The van der Waals surface area contributed by atoms with E-state index in [9.17, 15) is 0 Å². The Hall–Kier alpha value is -2.08. The Morgan fingerprint density at radius 1 is 0.654 bits per heavy atom. The van der Waals surface area contributed by atoms with Crippen LogP contribution in [0.3, 0.4) is 0 Å². The Bertz CT molecular complexity index is 937. The van der Waals surface area contributed by atoms with Gasteiger partial charge in [-0.2, -0.15) is 0 Å². The minimum atomic E-state index is 0.455. The van der Waals surface area contributed by atoms with E-state index in [4.69, 9.17) is 0 Å². The molecule has 0 radical (unpaired) electrons. The van der Waals surface area contributed by atoms with Crippen LogP contribution in [-0.2, 0) is 12.8 Å². The van der Waals surface area contributed by atoms with Gasteiger partial charge in [0, 0.05) is 11.8 Å². The summed E-state index contributed by atoms with van der Waals surface area (Å²) in [6.07, 6.45) is 33.9. The van der Waals surface area contributed by atoms with Crippen LogP contribution < -0.4 is 10.4 Å². The Labute approximate surface area is 157 Å². The summed E-state index contributed by atoms with van der Waals surface area (Å²) in [5, 5.41) is 3.13. The first-order chi connectivity index (χ1) is 12.9. The molecule has 0 heterocycles. The van der Waals surface area contributed by atoms with Gasteiger partial charge in [0.2, 0.25) is 0 Å². The summed E-state index contributed by atoms with van der Waals surface area (Å²) in [4.78, 5) is 0. The van der Waals surface area contributed by atoms with E-state index in [0.29, 0.717) is 11.8 Å². The standard InChI is InChI=1S/C26H28/c1-3-11-19(12-4-1)25-21-15-7-9-17-23(21)26(20-13-5-2-6-14-20)24-18-10-8-16-22(24)25/h3-5,7,9,11-13,16,18-20H,1-2,6,8,10,14-15,17H2. The van der Waals surface area contributed by atoms with Crippen molar-refractivity contribution in [3.63, 3.8) is 0 Å². The second-order valence-electron chi connectivity index (χ2n) is 8.06. The van der Waals surface area contributed by atoms with Crippen molar-refractivity contribution >= 4 is 12.2 Å². The Morgan fingerprint density at radius 3 is 2.04 bits per heavy atom. The number of hydrogen-bond donors (Lipinski definition) is 0. The molecule has 0 saturated heterocycles. The molecule has 0 heteroatoms. The van der Waals surface area contributed by atoms with Gasteiger partial charge in [-0.3, -0.25) is 0 Å². The van der Waals surface area contributed by atoms with Gasteiger partial charge < -0.3 is 0 Å². The minimum Gasteiger partial charge on any atom is -0.0879 e. The molecule has 4 aliphatic carbocycles. The molecule has 4 aliphatic rings. The third-order valence-electron chi connectivity index (χ3n) is 6.48. The summed E-state index contributed by atoms with van der Waals surface area (Å²) in [7, 11) is 0. The van der Waals surface area contributed by atoms with Crippen LogP contribution in [0.5, 0.6) is 0 Å². The van der Waals surface area contributed by atoms with Crippen LogP contribution in [0.15, 0.2) is 48.6 Å². The molecule has 0 amide bonds. The van der Waals surface area contributed by atoms with E-state index in [0.717, 1.165) is 19.3 Å². The Balaban J connectivity index is 1.82. The maximum Gasteiger partial charge on any atom is 0.0207 e. The number of rotatable bonds is 2. The highest BCUT2D eigenvalue weighted by atomic mass is 14.3. The monoisotopic (exact) mass is 340 g/mol. The first-order valence-electron chi connectivity index (χ1n) is 10.5. The lowest BCUT2D eigenvalue weighted by molar-refractivity contribution is 0.645. The quantitative estimate of drug-likeness (QED) is 0.656. The lowest BCUT2D eigenvalue weighted by atomic mass is 9.75. The first kappa shape index (κ1) is 16.1. The molecule has 0 saturated carbocycles. The van der Waals surface area contributed by atoms with Gasteiger partial charge >= 0.3 is 0 Å². The van der Waals surface area contributed by atoms with Gasteiger partial charge in [0.1, 0.15) is 0 Å². The molecule has 5 rings (SSSR count). The van der Waals surface area contributed by atoms with Crippen molar-refractivity contribution < 1.29 is 0 Å². The summed E-state index contributed by atoms with van der Waals surface area (Å²) >= 11 is 0. The van der Waals surface area contributed by atoms with E-state index >= 15 is 0 Å². The van der Waals surface area contributed by atoms with E-state index in [-0.39, 0.29) is 0 Å². The number of hydrogen-bond acceptors (Lipinski definition) is 0. The fraction of sp³-hybridized carbons (Fsp3) is 0.385. The van der Waals surface area contributed by atoms with Gasteiger partial charge in [0.15, 0.2) is 0 Å². The van der Waals surface area contributed by atoms with Crippen molar-refractivity contribution in [2.45, 2.75) is 63.2 Å². The SMILES string of the molecule is C1=CC(c2c3c(c(C4C=CCCC4)c4c2=CCCC=4)CC=CC3)C=CC1. The third-order valence-corrected chi connectivity index (χ3v) is 6.48. The van der Waals surface area contributed by atoms with Crippen molar-refractivity contribution in [1.82, 2.24) is 0 Å². The molecule has 0 fully saturated rings. The van der Waals surface area contributed by atoms with Gasteiger partial charge in [-0.15, -0.1) is 0 Å². The molecule has 1 unspecified atom stereocenters. The van der Waals surface area contributed by atoms with E-state index in [1.54, 1.807) is 32.7 Å². The third kappa shape index (κ3) is 2.67. The van der Waals surface area contributed by atoms with Crippen molar-refractivity contribution in [2.24, 2.45) is 0 Å². The van der Waals surface area contributed by atoms with Crippen LogP contribution in [0.25, 0.3) is 12.2 Å². The predicted molar refractivity (Wildman–Crippen MR) is 112 cm³/mol. The number of fused-ring (bicyclic) bond motifs is 2. The summed E-state index contributed by atoms with van der Waals surface area (Å²) in [6, 6.07) is 0. The smallest absolute Gasteiger partial charge is 0.0207 e. The first-order valence-corrected chi connectivity index (χ1v) is 10.5. The molecule has 1 aromatic rings. The molecule has 0 nitrogen and oxygen atoms in total. The lowest BCUT2D eigenvalue weighted by Crippen LogP contribution is -2.39.